The van der Waals surface area contributed by atoms with Gasteiger partial charge in [0.05, 0.1) is 17.1 Å². The summed E-state index contributed by atoms with van der Waals surface area (Å²) in [5, 5.41) is 4.12. The number of nitrogens with zero attached hydrogens (tertiary/aromatic N) is 3. The highest BCUT2D eigenvalue weighted by Gasteiger charge is 2.32. The van der Waals surface area contributed by atoms with E-state index >= 15 is 0 Å². The number of hydrogen-bond acceptors (Lipinski definition) is 4. The number of hydrogen-bond donors (Lipinski definition) is 1. The molecule has 0 atom stereocenters. The molecule has 1 N–H and O–H groups in total. The molecule has 6 nitrogen and oxygen atoms in total. The first-order valence-electron chi connectivity index (χ1n) is 10.4. The number of benzene rings is 1. The predicted molar refractivity (Wildman–Crippen MR) is 117 cm³/mol. The topological polar surface area (TPSA) is 75.2 Å². The number of aryl methyl sites for hydroxylation is 1. The molecule has 30 heavy (non-hydrogen) atoms. The monoisotopic (exact) mass is 402 g/mol. The van der Waals surface area contributed by atoms with Gasteiger partial charge in [0.25, 0.3) is 11.8 Å². The summed E-state index contributed by atoms with van der Waals surface area (Å²) < 4.78 is 0. The molecule has 1 fully saturated rings. The first-order valence-corrected chi connectivity index (χ1v) is 10.4. The van der Waals surface area contributed by atoms with Gasteiger partial charge in [-0.15, -0.1) is 0 Å². The van der Waals surface area contributed by atoms with Crippen molar-refractivity contribution >= 4 is 22.7 Å². The Morgan fingerprint density at radius 1 is 1.13 bits per heavy atom. The maximum absolute atomic E-state index is 13.1. The van der Waals surface area contributed by atoms with Crippen LogP contribution in [0.5, 0.6) is 0 Å². The number of nitrogens with one attached hydrogen (secondary N) is 1. The van der Waals surface area contributed by atoms with Crippen LogP contribution in [0.4, 0.5) is 0 Å². The van der Waals surface area contributed by atoms with Crippen LogP contribution < -0.4 is 5.32 Å². The number of carbonyl (C=O) groups is 2. The third-order valence-electron chi connectivity index (χ3n) is 5.64. The lowest BCUT2D eigenvalue weighted by Crippen LogP contribution is -2.61. The summed E-state index contributed by atoms with van der Waals surface area (Å²) in [5.74, 6) is 0.173. The molecule has 1 saturated heterocycles. The van der Waals surface area contributed by atoms with Crippen molar-refractivity contribution in [3.8, 4) is 0 Å². The van der Waals surface area contributed by atoms with Gasteiger partial charge in [-0.2, -0.15) is 0 Å². The minimum Gasteiger partial charge on any atom is -0.346 e. The fourth-order valence-electron chi connectivity index (χ4n) is 3.89. The lowest BCUT2D eigenvalue weighted by Gasteiger charge is -2.39. The molecule has 1 aliphatic heterocycles. The van der Waals surface area contributed by atoms with Crippen LogP contribution in [0.1, 0.15) is 58.5 Å². The summed E-state index contributed by atoms with van der Waals surface area (Å²) in [6, 6.07) is 9.46. The van der Waals surface area contributed by atoms with Crippen LogP contribution in [0.3, 0.4) is 0 Å². The average Bonchev–Trinajstić information content (AvgIpc) is 2.74. The Morgan fingerprint density at radius 3 is 2.53 bits per heavy atom. The predicted octanol–water partition coefficient (Wildman–Crippen LogP) is 3.57. The summed E-state index contributed by atoms with van der Waals surface area (Å²) in [6.45, 7) is 7.39. The maximum Gasteiger partial charge on any atom is 0.254 e. The van der Waals surface area contributed by atoms with E-state index in [2.05, 4.69) is 42.1 Å². The van der Waals surface area contributed by atoms with Crippen LogP contribution in [0.25, 0.3) is 10.9 Å². The highest BCUT2D eigenvalue weighted by atomic mass is 16.2. The van der Waals surface area contributed by atoms with E-state index in [9.17, 15) is 9.59 Å². The van der Waals surface area contributed by atoms with E-state index < -0.39 is 0 Å². The second-order valence-electron chi connectivity index (χ2n) is 8.06. The van der Waals surface area contributed by atoms with Crippen molar-refractivity contribution < 1.29 is 9.59 Å². The number of pyridine rings is 2. The molecule has 3 heterocycles. The van der Waals surface area contributed by atoms with Gasteiger partial charge in [0.15, 0.2) is 0 Å². The van der Waals surface area contributed by atoms with Crippen molar-refractivity contribution in [3.05, 3.63) is 71.2 Å². The molecule has 0 bridgehead atoms. The molecule has 0 aliphatic carbocycles. The standard InChI is InChI=1S/C24H26N4O2/c1-4-16-11-20-19(15(2)3)7-10-26-22(20)21(12-16)23(29)27-18-13-28(14-18)24(30)17-5-8-25-9-6-17/h5-12,15,18H,4,13-14H2,1-3H3,(H,27,29). The molecule has 0 radical (unpaired) electrons. The second-order valence-corrected chi connectivity index (χ2v) is 8.06. The zero-order valence-electron chi connectivity index (χ0n) is 17.6. The minimum absolute atomic E-state index is 0.0374. The first kappa shape index (κ1) is 20.0. The Labute approximate surface area is 176 Å². The summed E-state index contributed by atoms with van der Waals surface area (Å²) >= 11 is 0. The zero-order chi connectivity index (χ0) is 21.3. The molecule has 3 aromatic rings. The van der Waals surface area contributed by atoms with E-state index in [-0.39, 0.29) is 17.9 Å². The third kappa shape index (κ3) is 3.77. The quantitative estimate of drug-likeness (QED) is 0.708. The molecule has 6 heteroatoms. The largest absolute Gasteiger partial charge is 0.346 e. The smallest absolute Gasteiger partial charge is 0.254 e. The fourth-order valence-corrected chi connectivity index (χ4v) is 3.89. The van der Waals surface area contributed by atoms with Crippen LogP contribution >= 0.6 is 0 Å². The summed E-state index contributed by atoms with van der Waals surface area (Å²) in [4.78, 5) is 35.8. The highest BCUT2D eigenvalue weighted by molar-refractivity contribution is 6.07. The molecule has 2 amide bonds. The first-order chi connectivity index (χ1) is 14.5. The van der Waals surface area contributed by atoms with Crippen molar-refractivity contribution in [2.45, 2.75) is 39.2 Å². The molecule has 154 valence electrons. The number of likely N-dealkylation sites (tertiary alicyclic amines) is 1. The Hall–Kier alpha value is -3.28. The van der Waals surface area contributed by atoms with E-state index in [0.29, 0.717) is 30.1 Å². The molecule has 2 aromatic heterocycles. The third-order valence-corrected chi connectivity index (χ3v) is 5.64. The van der Waals surface area contributed by atoms with Crippen molar-refractivity contribution in [3.63, 3.8) is 0 Å². The van der Waals surface area contributed by atoms with Gasteiger partial charge in [0, 0.05) is 42.6 Å². The lowest BCUT2D eigenvalue weighted by atomic mass is 9.94. The van der Waals surface area contributed by atoms with Crippen molar-refractivity contribution in [2.75, 3.05) is 13.1 Å². The van der Waals surface area contributed by atoms with Crippen molar-refractivity contribution in [2.24, 2.45) is 0 Å². The molecule has 1 aliphatic rings. The molecule has 4 rings (SSSR count). The number of rotatable bonds is 5. The Kier molecular flexibility index (Phi) is 5.48. The number of fused-ring (bicyclic) bond motifs is 1. The van der Waals surface area contributed by atoms with E-state index in [1.807, 2.05) is 12.1 Å². The van der Waals surface area contributed by atoms with Crippen LogP contribution in [0.2, 0.25) is 0 Å². The highest BCUT2D eigenvalue weighted by Crippen LogP contribution is 2.28. The van der Waals surface area contributed by atoms with Gasteiger partial charge < -0.3 is 10.2 Å². The van der Waals surface area contributed by atoms with Gasteiger partial charge in [0.2, 0.25) is 0 Å². The average molecular weight is 402 g/mol. The normalized spacial score (nSPS) is 14.1. The molecular weight excluding hydrogens is 376 g/mol. The lowest BCUT2D eigenvalue weighted by molar-refractivity contribution is 0.0542. The van der Waals surface area contributed by atoms with Gasteiger partial charge >= 0.3 is 0 Å². The van der Waals surface area contributed by atoms with E-state index in [1.54, 1.807) is 35.6 Å². The van der Waals surface area contributed by atoms with Gasteiger partial charge in [0.1, 0.15) is 0 Å². The molecule has 1 aromatic carbocycles. The fraction of sp³-hybridized carbons (Fsp3) is 0.333. The Morgan fingerprint density at radius 2 is 1.87 bits per heavy atom. The van der Waals surface area contributed by atoms with Gasteiger partial charge in [-0.1, -0.05) is 20.8 Å². The van der Waals surface area contributed by atoms with E-state index in [4.69, 9.17) is 0 Å². The minimum atomic E-state index is -0.135. The van der Waals surface area contributed by atoms with Crippen LogP contribution in [0.15, 0.2) is 48.9 Å². The number of amides is 2. The summed E-state index contributed by atoms with van der Waals surface area (Å²) in [5.41, 5.74) is 4.26. The number of carbonyl (C=O) groups excluding carboxylic acids is 2. The van der Waals surface area contributed by atoms with Crippen molar-refractivity contribution in [1.29, 1.82) is 0 Å². The molecule has 0 saturated carbocycles. The molecular formula is C24H26N4O2. The zero-order valence-corrected chi connectivity index (χ0v) is 17.6. The molecule has 0 spiro atoms. The van der Waals surface area contributed by atoms with Gasteiger partial charge in [-0.3, -0.25) is 19.6 Å². The maximum atomic E-state index is 13.1. The summed E-state index contributed by atoms with van der Waals surface area (Å²) in [7, 11) is 0. The Balaban J connectivity index is 1.52. The van der Waals surface area contributed by atoms with Gasteiger partial charge in [-0.05, 0) is 53.8 Å². The number of aromatic nitrogens is 2. The van der Waals surface area contributed by atoms with E-state index in [1.165, 1.54) is 5.56 Å². The second kappa shape index (κ2) is 8.22. The summed E-state index contributed by atoms with van der Waals surface area (Å²) in [6.07, 6.45) is 5.84. The van der Waals surface area contributed by atoms with Crippen LogP contribution in [-0.4, -0.2) is 45.8 Å². The molecule has 0 unspecified atom stereocenters. The van der Waals surface area contributed by atoms with Crippen LogP contribution in [0, 0.1) is 0 Å². The van der Waals surface area contributed by atoms with E-state index in [0.717, 1.165) is 22.9 Å². The van der Waals surface area contributed by atoms with Crippen molar-refractivity contribution in [1.82, 2.24) is 20.2 Å². The Bertz CT molecular complexity index is 1090. The SMILES string of the molecule is CCc1cc(C(=O)NC2CN(C(=O)c3ccncc3)C2)c2nccc(C(C)C)c2c1. The van der Waals surface area contributed by atoms with Crippen LogP contribution in [-0.2, 0) is 6.42 Å². The van der Waals surface area contributed by atoms with Gasteiger partial charge in [-0.25, -0.2) is 0 Å².